The van der Waals surface area contributed by atoms with Crippen LogP contribution in [0.4, 0.5) is 5.69 Å². The molecule has 14 nitrogen and oxygen atoms in total. The third-order valence-electron chi connectivity index (χ3n) is 7.63. The van der Waals surface area contributed by atoms with Crippen LogP contribution in [-0.2, 0) is 55.6 Å². The highest BCUT2D eigenvalue weighted by atomic mass is 35.5. The van der Waals surface area contributed by atoms with E-state index in [0.717, 1.165) is 18.4 Å². The fraction of sp³-hybridized carbons (Fsp3) is 0.432. The van der Waals surface area contributed by atoms with E-state index in [4.69, 9.17) is 54.4 Å². The Morgan fingerprint density at radius 1 is 1.04 bits per heavy atom. The number of carbonyl (C=O) groups excluding carboxylic acids is 4. The summed E-state index contributed by atoms with van der Waals surface area (Å²) < 4.78 is 14.8. The van der Waals surface area contributed by atoms with Crippen molar-refractivity contribution in [2.75, 3.05) is 49.7 Å². The van der Waals surface area contributed by atoms with Crippen molar-refractivity contribution in [1.82, 2.24) is 10.4 Å². The van der Waals surface area contributed by atoms with Gasteiger partial charge in [-0.15, -0.1) is 0 Å². The molecule has 0 aromatic heterocycles. The van der Waals surface area contributed by atoms with Crippen LogP contribution in [0.1, 0.15) is 57.6 Å². The van der Waals surface area contributed by atoms with Crippen molar-refractivity contribution in [3.63, 3.8) is 0 Å². The molecule has 2 heterocycles. The van der Waals surface area contributed by atoms with Gasteiger partial charge in [-0.2, -0.15) is 0 Å². The lowest BCUT2D eigenvalue weighted by Crippen LogP contribution is -2.31. The standard InChI is InChI=1S/C19H17Cl2NO4.C12H14ClNO2.C3H8NO5P.C3H9S/c1-2-26-19(25)16(21)10-11-9-12(7-8-15(11)20)22-17(23)13-5-3-4-6-14(13)18(22)24;1-12(2)8-16-14(11(12)15)7-9-5-3-4-6-10(9)13;5-3(6)1-4-2-10(7,8)9;1-4(2)3/h7-10H,2-6H2,1H3;3-6H,7-8H2,1-2H3;4H,1-2H2,(H,5,6)(H2,7,8,9);1-3H3/q;;;+1/p-1/b16-10-;;;. The van der Waals surface area contributed by atoms with Crippen LogP contribution in [-0.4, -0.2) is 89.5 Å². The molecule has 3 amide bonds. The Kier molecular flexibility index (Phi) is 19.8. The van der Waals surface area contributed by atoms with Crippen LogP contribution in [0.15, 0.2) is 58.6 Å². The fourth-order valence-electron chi connectivity index (χ4n) is 5.05. The van der Waals surface area contributed by atoms with Crippen LogP contribution in [0.3, 0.4) is 0 Å². The van der Waals surface area contributed by atoms with Crippen molar-refractivity contribution in [3.05, 3.63) is 79.8 Å². The summed E-state index contributed by atoms with van der Waals surface area (Å²) in [7, 11) is -3.71. The summed E-state index contributed by atoms with van der Waals surface area (Å²) in [4.78, 5) is 83.2. The lowest BCUT2D eigenvalue weighted by Gasteiger charge is -2.16. The van der Waals surface area contributed by atoms with Gasteiger partial charge in [-0.1, -0.05) is 53.0 Å². The Morgan fingerprint density at radius 3 is 2.09 bits per heavy atom. The second-order valence-corrected chi connectivity index (χ2v) is 18.7. The maximum absolute atomic E-state index is 12.7. The first-order valence-corrected chi connectivity index (χ1v) is 22.5. The minimum absolute atomic E-state index is 0.00687. The van der Waals surface area contributed by atoms with Gasteiger partial charge in [-0.05, 0) is 98.8 Å². The van der Waals surface area contributed by atoms with Crippen molar-refractivity contribution in [2.24, 2.45) is 5.41 Å². The van der Waals surface area contributed by atoms with Crippen LogP contribution in [0, 0.1) is 5.41 Å². The molecule has 2 aromatic carbocycles. The van der Waals surface area contributed by atoms with E-state index in [1.165, 1.54) is 16.0 Å². The zero-order chi connectivity index (χ0) is 42.4. The lowest BCUT2D eigenvalue weighted by atomic mass is 9.93. The van der Waals surface area contributed by atoms with Gasteiger partial charge in [0.05, 0.1) is 62.5 Å². The van der Waals surface area contributed by atoms with E-state index in [1.54, 1.807) is 25.1 Å². The Labute approximate surface area is 344 Å². The van der Waals surface area contributed by atoms with Crippen molar-refractivity contribution in [2.45, 2.75) is 53.0 Å². The molecule has 1 aliphatic carbocycles. The van der Waals surface area contributed by atoms with Gasteiger partial charge in [0, 0.05) is 21.2 Å². The number of esters is 1. The monoisotopic (exact) mass is 877 g/mol. The number of nitrogens with one attached hydrogen (secondary N) is 1. The molecule has 19 heteroatoms. The highest BCUT2D eigenvalue weighted by molar-refractivity contribution is 7.94. The summed E-state index contributed by atoms with van der Waals surface area (Å²) in [5, 5.41) is 12.2. The number of amides is 3. The molecule has 0 radical (unpaired) electrons. The highest BCUT2D eigenvalue weighted by Crippen LogP contribution is 2.37. The van der Waals surface area contributed by atoms with E-state index in [-0.39, 0.29) is 29.4 Å². The maximum atomic E-state index is 12.7. The number of imide groups is 1. The number of carboxylic acids is 1. The topological polar surface area (TPSA) is 203 Å². The van der Waals surface area contributed by atoms with Crippen LogP contribution >= 0.6 is 42.4 Å². The molecule has 1 unspecified atom stereocenters. The summed E-state index contributed by atoms with van der Waals surface area (Å²) in [5.74, 6) is -2.39. The first-order chi connectivity index (χ1) is 26.1. The zero-order valence-electron chi connectivity index (χ0n) is 31.9. The van der Waals surface area contributed by atoms with Gasteiger partial charge in [0.1, 0.15) is 12.6 Å². The van der Waals surface area contributed by atoms with Gasteiger partial charge >= 0.3 is 11.9 Å². The number of carbonyl (C=O) groups is 5. The molecule has 3 aliphatic rings. The summed E-state index contributed by atoms with van der Waals surface area (Å²) in [6.45, 7) is 5.98. The molecule has 56 heavy (non-hydrogen) atoms. The average Bonchev–Trinajstić information content (AvgIpc) is 3.52. The van der Waals surface area contributed by atoms with Crippen LogP contribution in [0.2, 0.25) is 10.0 Å². The quantitative estimate of drug-likeness (QED) is 0.0888. The number of anilines is 1. The second-order valence-electron chi connectivity index (χ2n) is 13.5. The first kappa shape index (κ1) is 48.9. The zero-order valence-corrected chi connectivity index (χ0v) is 35.9. The van der Waals surface area contributed by atoms with Gasteiger partial charge in [0.2, 0.25) is 0 Å². The summed E-state index contributed by atoms with van der Waals surface area (Å²) in [6.07, 6.45) is 10.3. The Bertz CT molecular complexity index is 1840. The molecule has 2 aliphatic heterocycles. The number of halogens is 3. The number of hydroxylamine groups is 2. The molecular formula is C37H47Cl3N3O11PS. The molecule has 1 fully saturated rings. The van der Waals surface area contributed by atoms with Gasteiger partial charge in [-0.3, -0.25) is 29.3 Å². The molecule has 2 aromatic rings. The van der Waals surface area contributed by atoms with Crippen LogP contribution in [0.25, 0.3) is 6.08 Å². The molecule has 308 valence electrons. The normalized spacial score (nSPS) is 17.2. The van der Waals surface area contributed by atoms with Crippen molar-refractivity contribution in [3.8, 4) is 0 Å². The number of carboxylic acid groups (broad SMARTS) is 1. The van der Waals surface area contributed by atoms with Gasteiger partial charge in [-0.25, -0.2) is 14.8 Å². The predicted molar refractivity (Wildman–Crippen MR) is 217 cm³/mol. The number of ether oxygens (including phenoxy) is 1. The van der Waals surface area contributed by atoms with E-state index in [9.17, 15) is 33.4 Å². The fourth-order valence-corrected chi connectivity index (χ4v) is 5.98. The molecule has 0 saturated carbocycles. The predicted octanol–water partition coefficient (Wildman–Crippen LogP) is 5.52. The molecule has 1 atom stereocenters. The summed E-state index contributed by atoms with van der Waals surface area (Å²) in [5.41, 5.74) is 2.51. The first-order valence-electron chi connectivity index (χ1n) is 17.2. The van der Waals surface area contributed by atoms with Crippen molar-refractivity contribution in [1.29, 1.82) is 0 Å². The molecule has 0 bridgehead atoms. The van der Waals surface area contributed by atoms with E-state index >= 15 is 0 Å². The highest BCUT2D eigenvalue weighted by Gasteiger charge is 2.41. The minimum Gasteiger partial charge on any atom is -0.778 e. The Balaban J connectivity index is 0.000000306. The number of aliphatic carboxylic acids is 1. The van der Waals surface area contributed by atoms with Gasteiger partial charge in [0.25, 0.3) is 17.7 Å². The largest absolute Gasteiger partial charge is 0.778 e. The number of nitrogens with zero attached hydrogens (tertiary/aromatic N) is 2. The van der Waals surface area contributed by atoms with E-state index in [1.807, 2.05) is 43.4 Å². The smallest absolute Gasteiger partial charge is 0.349 e. The van der Waals surface area contributed by atoms with E-state index in [2.05, 4.69) is 18.8 Å². The third kappa shape index (κ3) is 15.6. The summed E-state index contributed by atoms with van der Waals surface area (Å²) >= 11 is 18.2. The molecule has 0 spiro atoms. The number of benzene rings is 2. The molecular weight excluding hydrogens is 832 g/mol. The number of hydrogen-bond donors (Lipinski definition) is 3. The van der Waals surface area contributed by atoms with Crippen molar-refractivity contribution < 1.29 is 53.0 Å². The maximum Gasteiger partial charge on any atom is 0.349 e. The van der Waals surface area contributed by atoms with Crippen molar-refractivity contribution >= 4 is 94.7 Å². The molecule has 3 N–H and O–H groups in total. The van der Waals surface area contributed by atoms with Gasteiger partial charge in [0.15, 0.2) is 0 Å². The van der Waals surface area contributed by atoms with E-state index in [0.29, 0.717) is 69.3 Å². The molecule has 5 rings (SSSR count). The SMILES string of the molecule is CC1(C)CON(Cc2ccccc2Cl)C1=O.CCOC(=O)/C(Cl)=C/c1cc(N2C(=O)C3=C(CCCC3)C2=O)ccc1Cl.C[S+](C)C.O=C(O)CNCP(=O)([O-])O. The average molecular weight is 879 g/mol. The Morgan fingerprint density at radius 2 is 1.61 bits per heavy atom. The molecule has 1 saturated heterocycles. The minimum atomic E-state index is -4.35. The van der Waals surface area contributed by atoms with Gasteiger partial charge < -0.3 is 24.2 Å². The van der Waals surface area contributed by atoms with Crippen LogP contribution in [0.5, 0.6) is 0 Å². The van der Waals surface area contributed by atoms with Crippen LogP contribution < -0.4 is 15.1 Å². The van der Waals surface area contributed by atoms with E-state index < -0.39 is 37.8 Å². The third-order valence-corrected chi connectivity index (χ3v) is 9.23. The Hall–Kier alpha value is -3.24. The number of hydrogen-bond acceptors (Lipinski definition) is 10. The second kappa shape index (κ2) is 22.6. The number of rotatable bonds is 10. The summed E-state index contributed by atoms with van der Waals surface area (Å²) in [6, 6.07) is 12.2. The lowest BCUT2D eigenvalue weighted by molar-refractivity contribution is -0.193.